The van der Waals surface area contributed by atoms with Gasteiger partial charge in [0.05, 0.1) is 7.11 Å². The molecule has 74 valence electrons. The number of ether oxygens (including phenoxy) is 2. The molecule has 0 radical (unpaired) electrons. The first-order valence-electron chi connectivity index (χ1n) is 4.02. The Morgan fingerprint density at radius 2 is 2.14 bits per heavy atom. The van der Waals surface area contributed by atoms with E-state index in [2.05, 4.69) is 4.99 Å². The van der Waals surface area contributed by atoms with Crippen LogP contribution in [-0.2, 0) is 4.79 Å². The third kappa shape index (κ3) is 2.32. The summed E-state index contributed by atoms with van der Waals surface area (Å²) in [5.41, 5.74) is 0.891. The van der Waals surface area contributed by atoms with Crippen LogP contribution in [0.3, 0.4) is 0 Å². The van der Waals surface area contributed by atoms with Gasteiger partial charge in [0, 0.05) is 13.3 Å². The molecule has 0 N–H and O–H groups in total. The molecule has 0 fully saturated rings. The molecule has 0 saturated heterocycles. The average molecular weight is 193 g/mol. The molecular weight excluding hydrogens is 182 g/mol. The first kappa shape index (κ1) is 10.2. The van der Waals surface area contributed by atoms with E-state index in [9.17, 15) is 4.79 Å². The van der Waals surface area contributed by atoms with Crippen LogP contribution < -0.4 is 9.47 Å². The number of aliphatic imine (C=N–C) groups is 1. The molecule has 0 aromatic heterocycles. The molecule has 1 aromatic carbocycles. The van der Waals surface area contributed by atoms with Crippen molar-refractivity contribution in [2.45, 2.75) is 0 Å². The summed E-state index contributed by atoms with van der Waals surface area (Å²) < 4.78 is 9.75. The standard InChI is InChI=1S/C10H11NO3/c1-11-6-8-3-4-9(14-7-12)10(5-8)13-2/h3-7H,1-2H3. The lowest BCUT2D eigenvalue weighted by atomic mass is 10.2. The number of methoxy groups -OCH3 is 1. The van der Waals surface area contributed by atoms with Crippen molar-refractivity contribution >= 4 is 12.7 Å². The summed E-state index contributed by atoms with van der Waals surface area (Å²) in [6, 6.07) is 5.18. The second-order valence-electron chi connectivity index (χ2n) is 2.51. The van der Waals surface area contributed by atoms with Crippen molar-refractivity contribution < 1.29 is 14.3 Å². The molecule has 1 aromatic rings. The van der Waals surface area contributed by atoms with Gasteiger partial charge < -0.3 is 9.47 Å². The van der Waals surface area contributed by atoms with Crippen LogP contribution in [0.2, 0.25) is 0 Å². The van der Waals surface area contributed by atoms with Crippen molar-refractivity contribution in [2.75, 3.05) is 14.2 Å². The Morgan fingerprint density at radius 1 is 1.36 bits per heavy atom. The lowest BCUT2D eigenvalue weighted by molar-refractivity contribution is -0.120. The van der Waals surface area contributed by atoms with Crippen molar-refractivity contribution in [1.29, 1.82) is 0 Å². The molecule has 0 spiro atoms. The molecule has 0 aliphatic rings. The highest BCUT2D eigenvalue weighted by Gasteiger charge is 2.03. The Labute approximate surface area is 82.2 Å². The van der Waals surface area contributed by atoms with Crippen LogP contribution in [-0.4, -0.2) is 26.8 Å². The molecule has 0 saturated carbocycles. The lowest BCUT2D eigenvalue weighted by Crippen LogP contribution is -1.94. The van der Waals surface area contributed by atoms with Gasteiger partial charge >= 0.3 is 0 Å². The fourth-order valence-corrected chi connectivity index (χ4v) is 1.06. The van der Waals surface area contributed by atoms with Crippen LogP contribution in [0, 0.1) is 0 Å². The molecule has 0 aliphatic heterocycles. The van der Waals surface area contributed by atoms with Crippen LogP contribution in [0.4, 0.5) is 0 Å². The Kier molecular flexibility index (Phi) is 3.67. The van der Waals surface area contributed by atoms with E-state index >= 15 is 0 Å². The molecule has 0 unspecified atom stereocenters. The predicted molar refractivity (Wildman–Crippen MR) is 53.2 cm³/mol. The summed E-state index contributed by atoms with van der Waals surface area (Å²) >= 11 is 0. The number of hydrogen-bond acceptors (Lipinski definition) is 4. The average Bonchev–Trinajstić information content (AvgIpc) is 2.21. The molecule has 4 heteroatoms. The van der Waals surface area contributed by atoms with Crippen LogP contribution in [0.5, 0.6) is 11.5 Å². The summed E-state index contributed by atoms with van der Waals surface area (Å²) in [6.07, 6.45) is 1.69. The van der Waals surface area contributed by atoms with Gasteiger partial charge in [-0.3, -0.25) is 9.79 Å². The Hall–Kier alpha value is -1.84. The van der Waals surface area contributed by atoms with E-state index in [-0.39, 0.29) is 0 Å². The number of benzene rings is 1. The third-order valence-electron chi connectivity index (χ3n) is 1.64. The summed E-state index contributed by atoms with van der Waals surface area (Å²) in [4.78, 5) is 14.0. The molecule has 0 aliphatic carbocycles. The van der Waals surface area contributed by atoms with E-state index in [1.54, 1.807) is 31.5 Å². The first-order chi connectivity index (χ1) is 6.81. The number of hydrogen-bond donors (Lipinski definition) is 0. The van der Waals surface area contributed by atoms with Gasteiger partial charge in [-0.15, -0.1) is 0 Å². The van der Waals surface area contributed by atoms with E-state index in [1.165, 1.54) is 7.11 Å². The van der Waals surface area contributed by atoms with Crippen LogP contribution in [0.1, 0.15) is 5.56 Å². The van der Waals surface area contributed by atoms with Crippen LogP contribution in [0.15, 0.2) is 23.2 Å². The molecule has 0 atom stereocenters. The minimum absolute atomic E-state index is 0.367. The highest BCUT2D eigenvalue weighted by Crippen LogP contribution is 2.26. The zero-order valence-electron chi connectivity index (χ0n) is 8.06. The Bertz CT molecular complexity index is 347. The van der Waals surface area contributed by atoms with Crippen molar-refractivity contribution in [2.24, 2.45) is 4.99 Å². The van der Waals surface area contributed by atoms with Gasteiger partial charge in [0.1, 0.15) is 0 Å². The van der Waals surface area contributed by atoms with Gasteiger partial charge in [0.2, 0.25) is 0 Å². The lowest BCUT2D eigenvalue weighted by Gasteiger charge is -2.06. The maximum Gasteiger partial charge on any atom is 0.298 e. The number of carbonyl (C=O) groups excluding carboxylic acids is 1. The van der Waals surface area contributed by atoms with Gasteiger partial charge in [0.25, 0.3) is 6.47 Å². The number of rotatable bonds is 4. The maximum absolute atomic E-state index is 10.1. The first-order valence-corrected chi connectivity index (χ1v) is 4.02. The predicted octanol–water partition coefficient (Wildman–Crippen LogP) is 1.28. The molecule has 14 heavy (non-hydrogen) atoms. The Morgan fingerprint density at radius 3 is 2.71 bits per heavy atom. The number of carbonyl (C=O) groups is 1. The minimum Gasteiger partial charge on any atom is -0.493 e. The molecular formula is C10H11NO3. The highest BCUT2D eigenvalue weighted by molar-refractivity contribution is 5.80. The van der Waals surface area contributed by atoms with Crippen molar-refractivity contribution in [1.82, 2.24) is 0 Å². The summed E-state index contributed by atoms with van der Waals surface area (Å²) in [7, 11) is 3.20. The van der Waals surface area contributed by atoms with Crippen molar-refractivity contribution in [3.8, 4) is 11.5 Å². The zero-order chi connectivity index (χ0) is 10.4. The van der Waals surface area contributed by atoms with Crippen LogP contribution >= 0.6 is 0 Å². The van der Waals surface area contributed by atoms with Crippen LogP contribution in [0.25, 0.3) is 0 Å². The summed E-state index contributed by atoms with van der Waals surface area (Å²) in [5, 5.41) is 0. The second kappa shape index (κ2) is 5.01. The van der Waals surface area contributed by atoms with Gasteiger partial charge in [-0.1, -0.05) is 0 Å². The number of nitrogens with zero attached hydrogens (tertiary/aromatic N) is 1. The summed E-state index contributed by atoms with van der Waals surface area (Å²) in [6.45, 7) is 0.367. The van der Waals surface area contributed by atoms with E-state index in [4.69, 9.17) is 9.47 Å². The topological polar surface area (TPSA) is 47.9 Å². The van der Waals surface area contributed by atoms with E-state index in [1.807, 2.05) is 0 Å². The molecule has 0 heterocycles. The van der Waals surface area contributed by atoms with Gasteiger partial charge in [-0.2, -0.15) is 0 Å². The van der Waals surface area contributed by atoms with Crippen molar-refractivity contribution in [3.05, 3.63) is 23.8 Å². The SMILES string of the molecule is CN=Cc1ccc(OC=O)c(OC)c1. The molecule has 0 bridgehead atoms. The summed E-state index contributed by atoms with van der Waals surface area (Å²) in [5.74, 6) is 0.908. The van der Waals surface area contributed by atoms with E-state index in [0.29, 0.717) is 18.0 Å². The largest absolute Gasteiger partial charge is 0.493 e. The van der Waals surface area contributed by atoms with E-state index < -0.39 is 0 Å². The van der Waals surface area contributed by atoms with Gasteiger partial charge in [-0.25, -0.2) is 0 Å². The maximum atomic E-state index is 10.1. The van der Waals surface area contributed by atoms with Gasteiger partial charge in [-0.05, 0) is 23.8 Å². The molecule has 4 nitrogen and oxygen atoms in total. The highest BCUT2D eigenvalue weighted by atomic mass is 16.5. The monoisotopic (exact) mass is 193 g/mol. The van der Waals surface area contributed by atoms with Crippen molar-refractivity contribution in [3.63, 3.8) is 0 Å². The quantitative estimate of drug-likeness (QED) is 0.534. The molecule has 1 rings (SSSR count). The second-order valence-corrected chi connectivity index (χ2v) is 2.51. The normalized spacial score (nSPS) is 10.1. The third-order valence-corrected chi connectivity index (χ3v) is 1.64. The Balaban J connectivity index is 3.04. The smallest absolute Gasteiger partial charge is 0.298 e. The zero-order valence-corrected chi connectivity index (χ0v) is 8.06. The van der Waals surface area contributed by atoms with Gasteiger partial charge in [0.15, 0.2) is 11.5 Å². The fourth-order valence-electron chi connectivity index (χ4n) is 1.06. The molecule has 0 amide bonds. The fraction of sp³-hybridized carbons (Fsp3) is 0.200. The van der Waals surface area contributed by atoms with E-state index in [0.717, 1.165) is 5.56 Å². The minimum atomic E-state index is 0.367.